The van der Waals surface area contributed by atoms with Gasteiger partial charge in [-0.25, -0.2) is 9.97 Å². The summed E-state index contributed by atoms with van der Waals surface area (Å²) in [6.07, 6.45) is 8.86. The Morgan fingerprint density at radius 2 is 1.94 bits per heavy atom. The summed E-state index contributed by atoms with van der Waals surface area (Å²) in [5, 5.41) is 0. The standard InChI is InChI=1S/C14H23N3/c1-3-14(15,4-2)13-16-10-9-12(17-13)11-7-5-6-8-11/h9-11H,3-8,15H2,1-2H3. The van der Waals surface area contributed by atoms with E-state index < -0.39 is 0 Å². The van der Waals surface area contributed by atoms with E-state index in [0.29, 0.717) is 5.92 Å². The summed E-state index contributed by atoms with van der Waals surface area (Å²) in [5.74, 6) is 1.46. The molecule has 0 amide bonds. The highest BCUT2D eigenvalue weighted by molar-refractivity contribution is 5.14. The van der Waals surface area contributed by atoms with Gasteiger partial charge in [0, 0.05) is 17.8 Å². The van der Waals surface area contributed by atoms with E-state index in [1.165, 1.54) is 31.4 Å². The molecule has 1 fully saturated rings. The van der Waals surface area contributed by atoms with Crippen molar-refractivity contribution in [3.63, 3.8) is 0 Å². The van der Waals surface area contributed by atoms with E-state index in [1.807, 2.05) is 6.20 Å². The second-order valence-electron chi connectivity index (χ2n) is 5.15. The fourth-order valence-electron chi connectivity index (χ4n) is 2.63. The molecule has 2 N–H and O–H groups in total. The van der Waals surface area contributed by atoms with Crippen LogP contribution in [-0.2, 0) is 5.54 Å². The lowest BCUT2D eigenvalue weighted by Crippen LogP contribution is -2.37. The Labute approximate surface area is 104 Å². The minimum Gasteiger partial charge on any atom is -0.319 e. The minimum atomic E-state index is -0.353. The average molecular weight is 233 g/mol. The first kappa shape index (κ1) is 12.5. The summed E-state index contributed by atoms with van der Waals surface area (Å²) >= 11 is 0. The summed E-state index contributed by atoms with van der Waals surface area (Å²) in [6, 6.07) is 2.06. The van der Waals surface area contributed by atoms with E-state index in [9.17, 15) is 0 Å². The van der Waals surface area contributed by atoms with Crippen LogP contribution in [0.15, 0.2) is 12.3 Å². The van der Waals surface area contributed by atoms with E-state index in [2.05, 4.69) is 24.9 Å². The largest absolute Gasteiger partial charge is 0.319 e. The summed E-state index contributed by atoms with van der Waals surface area (Å²) < 4.78 is 0. The van der Waals surface area contributed by atoms with Gasteiger partial charge in [-0.15, -0.1) is 0 Å². The Balaban J connectivity index is 2.27. The van der Waals surface area contributed by atoms with Crippen molar-refractivity contribution in [1.82, 2.24) is 9.97 Å². The molecule has 1 aromatic heterocycles. The van der Waals surface area contributed by atoms with E-state index in [1.54, 1.807) is 0 Å². The quantitative estimate of drug-likeness (QED) is 0.869. The van der Waals surface area contributed by atoms with Gasteiger partial charge in [0.1, 0.15) is 5.82 Å². The highest BCUT2D eigenvalue weighted by atomic mass is 15.0. The molecule has 3 nitrogen and oxygen atoms in total. The number of hydrogen-bond acceptors (Lipinski definition) is 3. The van der Waals surface area contributed by atoms with Crippen LogP contribution in [0.5, 0.6) is 0 Å². The summed E-state index contributed by atoms with van der Waals surface area (Å²) in [4.78, 5) is 9.12. The van der Waals surface area contributed by atoms with Crippen molar-refractivity contribution in [3.8, 4) is 0 Å². The summed E-state index contributed by atoms with van der Waals surface area (Å²) in [7, 11) is 0. The first-order valence-corrected chi connectivity index (χ1v) is 6.82. The highest BCUT2D eigenvalue weighted by Gasteiger charge is 2.27. The van der Waals surface area contributed by atoms with E-state index in [-0.39, 0.29) is 5.54 Å². The average Bonchev–Trinajstić information content (AvgIpc) is 2.92. The van der Waals surface area contributed by atoms with Crippen molar-refractivity contribution in [1.29, 1.82) is 0 Å². The molecule has 0 bridgehead atoms. The third kappa shape index (κ3) is 2.49. The summed E-state index contributed by atoms with van der Waals surface area (Å²) in [5.41, 5.74) is 7.21. The predicted octanol–water partition coefficient (Wildman–Crippen LogP) is 3.11. The maximum Gasteiger partial charge on any atom is 0.148 e. The van der Waals surface area contributed by atoms with Crippen molar-refractivity contribution in [3.05, 3.63) is 23.8 Å². The monoisotopic (exact) mass is 233 g/mol. The Hall–Kier alpha value is -0.960. The normalized spacial score (nSPS) is 17.6. The highest BCUT2D eigenvalue weighted by Crippen LogP contribution is 2.33. The molecule has 1 aromatic rings. The van der Waals surface area contributed by atoms with Crippen LogP contribution in [0.4, 0.5) is 0 Å². The van der Waals surface area contributed by atoms with Crippen molar-refractivity contribution in [2.75, 3.05) is 0 Å². The van der Waals surface area contributed by atoms with Crippen LogP contribution in [-0.4, -0.2) is 9.97 Å². The van der Waals surface area contributed by atoms with Gasteiger partial charge >= 0.3 is 0 Å². The third-order valence-electron chi connectivity index (χ3n) is 4.16. The Morgan fingerprint density at radius 3 is 2.53 bits per heavy atom. The minimum absolute atomic E-state index is 0.353. The van der Waals surface area contributed by atoms with Gasteiger partial charge in [0.15, 0.2) is 0 Å². The van der Waals surface area contributed by atoms with Crippen LogP contribution in [0.2, 0.25) is 0 Å². The molecule has 17 heavy (non-hydrogen) atoms. The molecular weight excluding hydrogens is 210 g/mol. The van der Waals surface area contributed by atoms with Crippen molar-refractivity contribution >= 4 is 0 Å². The molecule has 0 radical (unpaired) electrons. The Morgan fingerprint density at radius 1 is 1.29 bits per heavy atom. The first-order valence-electron chi connectivity index (χ1n) is 6.82. The molecule has 0 aromatic carbocycles. The first-order chi connectivity index (χ1) is 8.19. The number of aromatic nitrogens is 2. The molecule has 0 atom stereocenters. The SMILES string of the molecule is CCC(N)(CC)c1nccc(C2CCCC2)n1. The molecule has 0 saturated heterocycles. The molecule has 1 heterocycles. The van der Waals surface area contributed by atoms with Crippen LogP contribution < -0.4 is 5.73 Å². The predicted molar refractivity (Wildman–Crippen MR) is 69.7 cm³/mol. The number of hydrogen-bond donors (Lipinski definition) is 1. The molecule has 3 heteroatoms. The second-order valence-corrected chi connectivity index (χ2v) is 5.15. The van der Waals surface area contributed by atoms with Gasteiger partial charge < -0.3 is 5.73 Å². The van der Waals surface area contributed by atoms with Gasteiger partial charge in [0.05, 0.1) is 5.54 Å². The molecule has 2 rings (SSSR count). The molecule has 94 valence electrons. The van der Waals surface area contributed by atoms with Gasteiger partial charge in [-0.2, -0.15) is 0 Å². The van der Waals surface area contributed by atoms with Gasteiger partial charge in [0.25, 0.3) is 0 Å². The molecule has 0 spiro atoms. The number of nitrogens with two attached hydrogens (primary N) is 1. The third-order valence-corrected chi connectivity index (χ3v) is 4.16. The van der Waals surface area contributed by atoms with E-state index in [4.69, 9.17) is 10.7 Å². The zero-order chi connectivity index (χ0) is 12.3. The lowest BCUT2D eigenvalue weighted by molar-refractivity contribution is 0.384. The topological polar surface area (TPSA) is 51.8 Å². The number of rotatable bonds is 4. The lowest BCUT2D eigenvalue weighted by Gasteiger charge is -2.25. The number of nitrogens with zero attached hydrogens (tertiary/aromatic N) is 2. The van der Waals surface area contributed by atoms with Gasteiger partial charge in [0.2, 0.25) is 0 Å². The maximum atomic E-state index is 6.36. The van der Waals surface area contributed by atoms with Crippen molar-refractivity contribution in [2.45, 2.75) is 63.8 Å². The molecule has 0 aliphatic heterocycles. The Bertz CT molecular complexity index is 365. The fraction of sp³-hybridized carbons (Fsp3) is 0.714. The molecule has 0 unspecified atom stereocenters. The maximum absolute atomic E-state index is 6.36. The zero-order valence-electron chi connectivity index (χ0n) is 10.9. The van der Waals surface area contributed by atoms with Crippen LogP contribution in [0.25, 0.3) is 0 Å². The van der Waals surface area contributed by atoms with E-state index in [0.717, 1.165) is 18.7 Å². The lowest BCUT2D eigenvalue weighted by atomic mass is 9.92. The van der Waals surface area contributed by atoms with Crippen LogP contribution in [0.3, 0.4) is 0 Å². The smallest absolute Gasteiger partial charge is 0.148 e. The van der Waals surface area contributed by atoms with Gasteiger partial charge in [-0.05, 0) is 31.7 Å². The van der Waals surface area contributed by atoms with Gasteiger partial charge in [-0.3, -0.25) is 0 Å². The Kier molecular flexibility index (Phi) is 3.77. The summed E-state index contributed by atoms with van der Waals surface area (Å²) in [6.45, 7) is 4.21. The van der Waals surface area contributed by atoms with Crippen molar-refractivity contribution in [2.24, 2.45) is 5.73 Å². The molecule has 1 aliphatic rings. The molecule has 1 saturated carbocycles. The molecule has 1 aliphatic carbocycles. The zero-order valence-corrected chi connectivity index (χ0v) is 10.9. The van der Waals surface area contributed by atoms with Crippen molar-refractivity contribution < 1.29 is 0 Å². The van der Waals surface area contributed by atoms with E-state index >= 15 is 0 Å². The molecular formula is C14H23N3. The van der Waals surface area contributed by atoms with Crippen LogP contribution >= 0.6 is 0 Å². The fourth-order valence-corrected chi connectivity index (χ4v) is 2.63. The van der Waals surface area contributed by atoms with Gasteiger partial charge in [-0.1, -0.05) is 26.7 Å². The van der Waals surface area contributed by atoms with Crippen LogP contribution in [0, 0.1) is 0 Å². The van der Waals surface area contributed by atoms with Crippen LogP contribution in [0.1, 0.15) is 69.8 Å². The second kappa shape index (κ2) is 5.13.